The summed E-state index contributed by atoms with van der Waals surface area (Å²) in [5.74, 6) is 1.25. The summed E-state index contributed by atoms with van der Waals surface area (Å²) in [4.78, 5) is 13.8. The Balaban J connectivity index is 1.88. The van der Waals surface area contributed by atoms with E-state index in [1.807, 2.05) is 25.8 Å². The Bertz CT molecular complexity index is 582. The first kappa shape index (κ1) is 14.3. The van der Waals surface area contributed by atoms with Gasteiger partial charge < -0.3 is 9.84 Å². The molecule has 108 valence electrons. The molecule has 0 aliphatic heterocycles. The molecule has 2 rings (SSSR count). The van der Waals surface area contributed by atoms with E-state index < -0.39 is 0 Å². The van der Waals surface area contributed by atoms with Crippen LogP contribution in [-0.2, 0) is 18.4 Å². The molecule has 2 heterocycles. The highest BCUT2D eigenvalue weighted by Crippen LogP contribution is 2.14. The fourth-order valence-electron chi connectivity index (χ4n) is 1.96. The lowest BCUT2D eigenvalue weighted by atomic mass is 10.2. The van der Waals surface area contributed by atoms with Crippen LogP contribution in [0.15, 0.2) is 16.8 Å². The molecule has 1 amide bonds. The highest BCUT2D eigenvalue weighted by atomic mass is 16.5. The average molecular weight is 277 g/mol. The maximum absolute atomic E-state index is 11.9. The van der Waals surface area contributed by atoms with Crippen molar-refractivity contribution in [2.75, 3.05) is 18.9 Å². The first-order chi connectivity index (χ1) is 9.45. The molecule has 0 fully saturated rings. The smallest absolute Gasteiger partial charge is 0.239 e. The van der Waals surface area contributed by atoms with Crippen molar-refractivity contribution in [1.82, 2.24) is 19.8 Å². The molecule has 0 atom stereocenters. The van der Waals surface area contributed by atoms with Crippen molar-refractivity contribution in [1.29, 1.82) is 0 Å². The monoisotopic (exact) mass is 277 g/mol. The number of nitrogens with zero attached hydrogens (tertiary/aromatic N) is 4. The molecule has 1 N–H and O–H groups in total. The van der Waals surface area contributed by atoms with E-state index in [-0.39, 0.29) is 12.5 Å². The molecule has 0 aromatic carbocycles. The van der Waals surface area contributed by atoms with E-state index >= 15 is 0 Å². The number of amides is 1. The van der Waals surface area contributed by atoms with Crippen molar-refractivity contribution < 1.29 is 9.32 Å². The molecule has 0 radical (unpaired) electrons. The van der Waals surface area contributed by atoms with Crippen LogP contribution >= 0.6 is 0 Å². The Morgan fingerprint density at radius 1 is 1.50 bits per heavy atom. The van der Waals surface area contributed by atoms with Gasteiger partial charge in [-0.1, -0.05) is 5.16 Å². The second-order valence-electron chi connectivity index (χ2n) is 4.90. The SMILES string of the molecule is Cc1noc(C)c1CN(C)CC(=O)Nc1ccn(C)n1. The molecule has 2 aromatic rings. The van der Waals surface area contributed by atoms with E-state index in [0.717, 1.165) is 17.0 Å². The normalized spacial score (nSPS) is 11.1. The third kappa shape index (κ3) is 3.45. The maximum Gasteiger partial charge on any atom is 0.239 e. The maximum atomic E-state index is 11.9. The Labute approximate surface area is 117 Å². The van der Waals surface area contributed by atoms with Crippen LogP contribution in [0.4, 0.5) is 5.82 Å². The van der Waals surface area contributed by atoms with E-state index in [1.54, 1.807) is 24.0 Å². The molecule has 20 heavy (non-hydrogen) atoms. The van der Waals surface area contributed by atoms with E-state index in [1.165, 1.54) is 0 Å². The summed E-state index contributed by atoms with van der Waals surface area (Å²) >= 11 is 0. The minimum absolute atomic E-state index is 0.0991. The summed E-state index contributed by atoms with van der Waals surface area (Å²) in [5.41, 5.74) is 1.89. The van der Waals surface area contributed by atoms with Gasteiger partial charge in [0.25, 0.3) is 0 Å². The molecule has 0 unspecified atom stereocenters. The minimum atomic E-state index is -0.0991. The summed E-state index contributed by atoms with van der Waals surface area (Å²) < 4.78 is 6.75. The number of hydrogen-bond donors (Lipinski definition) is 1. The second-order valence-corrected chi connectivity index (χ2v) is 4.90. The molecule has 0 saturated carbocycles. The number of carbonyl (C=O) groups excluding carboxylic acids is 1. The second kappa shape index (κ2) is 5.87. The zero-order valence-corrected chi connectivity index (χ0v) is 12.2. The largest absolute Gasteiger partial charge is 0.361 e. The van der Waals surface area contributed by atoms with Gasteiger partial charge in [0.1, 0.15) is 5.76 Å². The van der Waals surface area contributed by atoms with Crippen molar-refractivity contribution in [2.24, 2.45) is 7.05 Å². The Morgan fingerprint density at radius 2 is 2.25 bits per heavy atom. The molecule has 7 heteroatoms. The molecule has 0 aliphatic rings. The fourth-order valence-corrected chi connectivity index (χ4v) is 1.96. The van der Waals surface area contributed by atoms with Gasteiger partial charge in [0, 0.05) is 31.4 Å². The highest BCUT2D eigenvalue weighted by molar-refractivity contribution is 5.91. The molecule has 7 nitrogen and oxygen atoms in total. The lowest BCUT2D eigenvalue weighted by molar-refractivity contribution is -0.117. The quantitative estimate of drug-likeness (QED) is 0.885. The Hall–Kier alpha value is -2.15. The average Bonchev–Trinajstić information content (AvgIpc) is 2.89. The molecule has 2 aromatic heterocycles. The van der Waals surface area contributed by atoms with Crippen LogP contribution in [0.1, 0.15) is 17.0 Å². The topological polar surface area (TPSA) is 76.2 Å². The van der Waals surface area contributed by atoms with Gasteiger partial charge in [0.15, 0.2) is 5.82 Å². The first-order valence-electron chi connectivity index (χ1n) is 6.35. The van der Waals surface area contributed by atoms with Crippen LogP contribution in [0.2, 0.25) is 0 Å². The summed E-state index contributed by atoms with van der Waals surface area (Å²) in [6.45, 7) is 4.67. The van der Waals surface area contributed by atoms with E-state index in [0.29, 0.717) is 12.4 Å². The van der Waals surface area contributed by atoms with Gasteiger partial charge >= 0.3 is 0 Å². The number of nitrogens with one attached hydrogen (secondary N) is 1. The van der Waals surface area contributed by atoms with Gasteiger partial charge in [-0.2, -0.15) is 5.10 Å². The third-order valence-electron chi connectivity index (χ3n) is 3.00. The lowest BCUT2D eigenvalue weighted by Crippen LogP contribution is -2.30. The van der Waals surface area contributed by atoms with E-state index in [2.05, 4.69) is 15.6 Å². The predicted molar refractivity (Wildman–Crippen MR) is 74.1 cm³/mol. The van der Waals surface area contributed by atoms with Crippen LogP contribution in [0, 0.1) is 13.8 Å². The third-order valence-corrected chi connectivity index (χ3v) is 3.00. The fraction of sp³-hybridized carbons (Fsp3) is 0.462. The number of likely N-dealkylation sites (N-methyl/N-ethyl adjacent to an activating group) is 1. The van der Waals surface area contributed by atoms with E-state index in [9.17, 15) is 4.79 Å². The number of anilines is 1. The van der Waals surface area contributed by atoms with Crippen LogP contribution < -0.4 is 5.32 Å². The van der Waals surface area contributed by atoms with Gasteiger partial charge in [-0.05, 0) is 20.9 Å². The number of aryl methyl sites for hydroxylation is 3. The first-order valence-corrected chi connectivity index (χ1v) is 6.35. The standard InChI is InChI=1S/C13H19N5O2/c1-9-11(10(2)20-16-9)7-17(3)8-13(19)14-12-5-6-18(4)15-12/h5-6H,7-8H2,1-4H3,(H,14,15,19). The number of rotatable bonds is 5. The molecule has 0 spiro atoms. The van der Waals surface area contributed by atoms with Gasteiger partial charge in [-0.15, -0.1) is 0 Å². The number of aromatic nitrogens is 3. The minimum Gasteiger partial charge on any atom is -0.361 e. The zero-order chi connectivity index (χ0) is 14.7. The van der Waals surface area contributed by atoms with Gasteiger partial charge in [-0.3, -0.25) is 14.4 Å². The van der Waals surface area contributed by atoms with Gasteiger partial charge in [0.05, 0.1) is 12.2 Å². The van der Waals surface area contributed by atoms with Crippen molar-refractivity contribution in [3.8, 4) is 0 Å². The van der Waals surface area contributed by atoms with Crippen LogP contribution in [-0.4, -0.2) is 39.3 Å². The summed E-state index contributed by atoms with van der Waals surface area (Å²) in [5, 5.41) is 10.8. The van der Waals surface area contributed by atoms with Crippen LogP contribution in [0.3, 0.4) is 0 Å². The van der Waals surface area contributed by atoms with Crippen LogP contribution in [0.5, 0.6) is 0 Å². The Morgan fingerprint density at radius 3 is 2.80 bits per heavy atom. The van der Waals surface area contributed by atoms with Crippen LogP contribution in [0.25, 0.3) is 0 Å². The van der Waals surface area contributed by atoms with Crippen molar-refractivity contribution in [2.45, 2.75) is 20.4 Å². The van der Waals surface area contributed by atoms with Gasteiger partial charge in [0.2, 0.25) is 5.91 Å². The van der Waals surface area contributed by atoms with Gasteiger partial charge in [-0.25, -0.2) is 0 Å². The number of carbonyl (C=O) groups is 1. The molecular formula is C13H19N5O2. The van der Waals surface area contributed by atoms with E-state index in [4.69, 9.17) is 4.52 Å². The number of hydrogen-bond acceptors (Lipinski definition) is 5. The zero-order valence-electron chi connectivity index (χ0n) is 12.2. The van der Waals surface area contributed by atoms with Crippen molar-refractivity contribution in [3.63, 3.8) is 0 Å². The van der Waals surface area contributed by atoms with Crippen molar-refractivity contribution >= 4 is 11.7 Å². The predicted octanol–water partition coefficient (Wildman–Crippen LogP) is 1.10. The molecular weight excluding hydrogens is 258 g/mol. The Kier molecular flexibility index (Phi) is 4.19. The summed E-state index contributed by atoms with van der Waals surface area (Å²) in [7, 11) is 3.68. The lowest BCUT2D eigenvalue weighted by Gasteiger charge is -2.15. The molecule has 0 bridgehead atoms. The molecule has 0 saturated heterocycles. The summed E-state index contributed by atoms with van der Waals surface area (Å²) in [6.07, 6.45) is 1.78. The highest BCUT2D eigenvalue weighted by Gasteiger charge is 2.14. The van der Waals surface area contributed by atoms with Crippen molar-refractivity contribution in [3.05, 3.63) is 29.3 Å². The summed E-state index contributed by atoms with van der Waals surface area (Å²) in [6, 6.07) is 1.76. The molecule has 0 aliphatic carbocycles.